The zero-order chi connectivity index (χ0) is 12.4. The van der Waals surface area contributed by atoms with Crippen molar-refractivity contribution in [2.24, 2.45) is 0 Å². The summed E-state index contributed by atoms with van der Waals surface area (Å²) in [5.74, 6) is 0. The van der Waals surface area contributed by atoms with Gasteiger partial charge in [0.15, 0.2) is 0 Å². The van der Waals surface area contributed by atoms with Crippen LogP contribution in [-0.2, 0) is 6.42 Å². The maximum absolute atomic E-state index is 6.58. The van der Waals surface area contributed by atoms with Crippen LogP contribution >= 0.6 is 22.9 Å². The van der Waals surface area contributed by atoms with Crippen molar-refractivity contribution in [1.82, 2.24) is 0 Å². The summed E-state index contributed by atoms with van der Waals surface area (Å²) in [6.07, 6.45) is 0.896. The topological polar surface area (TPSA) is 0 Å². The van der Waals surface area contributed by atoms with Crippen LogP contribution in [0.3, 0.4) is 0 Å². The molecule has 1 heterocycles. The molecular formula is C16H13ClS. The van der Waals surface area contributed by atoms with E-state index in [9.17, 15) is 0 Å². The van der Waals surface area contributed by atoms with Gasteiger partial charge in [-0.15, -0.1) is 22.9 Å². The smallest absolute Gasteiger partial charge is 0.0639 e. The van der Waals surface area contributed by atoms with E-state index >= 15 is 0 Å². The Balaban J connectivity index is 1.98. The molecule has 18 heavy (non-hydrogen) atoms. The van der Waals surface area contributed by atoms with E-state index in [4.69, 9.17) is 11.6 Å². The van der Waals surface area contributed by atoms with E-state index < -0.39 is 0 Å². The first kappa shape index (κ1) is 11.8. The van der Waals surface area contributed by atoms with Crippen LogP contribution in [0, 0.1) is 0 Å². The van der Waals surface area contributed by atoms with Crippen LogP contribution in [0.25, 0.3) is 10.8 Å². The van der Waals surface area contributed by atoms with Crippen LogP contribution in [0.5, 0.6) is 0 Å². The Kier molecular flexibility index (Phi) is 3.35. The van der Waals surface area contributed by atoms with Crippen molar-refractivity contribution in [2.45, 2.75) is 11.8 Å². The van der Waals surface area contributed by atoms with Crippen molar-refractivity contribution in [3.63, 3.8) is 0 Å². The number of fused-ring (bicyclic) bond motifs is 1. The van der Waals surface area contributed by atoms with Crippen molar-refractivity contribution >= 4 is 33.7 Å². The number of hydrogen-bond acceptors (Lipinski definition) is 1. The third-order valence-corrected chi connectivity index (χ3v) is 4.41. The molecule has 2 heteroatoms. The first-order valence-electron chi connectivity index (χ1n) is 5.99. The summed E-state index contributed by atoms with van der Waals surface area (Å²) < 4.78 is 0. The van der Waals surface area contributed by atoms with E-state index in [-0.39, 0.29) is 5.38 Å². The molecule has 0 fully saturated rings. The van der Waals surface area contributed by atoms with Gasteiger partial charge in [-0.05, 0) is 27.8 Å². The summed E-state index contributed by atoms with van der Waals surface area (Å²) in [5, 5.41) is 4.65. The molecule has 0 saturated carbocycles. The van der Waals surface area contributed by atoms with Gasteiger partial charge in [0.25, 0.3) is 0 Å². The number of alkyl halides is 1. The maximum atomic E-state index is 6.58. The molecule has 0 amide bonds. The minimum Gasteiger partial charge on any atom is -0.149 e. The molecule has 1 aromatic heterocycles. The van der Waals surface area contributed by atoms with Crippen LogP contribution in [0.4, 0.5) is 0 Å². The normalized spacial score (nSPS) is 12.7. The molecule has 0 nitrogen and oxygen atoms in total. The number of hydrogen-bond donors (Lipinski definition) is 0. The second kappa shape index (κ2) is 5.13. The monoisotopic (exact) mass is 272 g/mol. The third kappa shape index (κ3) is 2.29. The molecule has 3 rings (SSSR count). The van der Waals surface area contributed by atoms with Gasteiger partial charge in [0.1, 0.15) is 0 Å². The SMILES string of the molecule is ClC(Cc1cccs1)c1cccc2ccccc12. The molecule has 0 N–H and O–H groups in total. The van der Waals surface area contributed by atoms with Gasteiger partial charge in [0.05, 0.1) is 5.38 Å². The molecule has 0 saturated heterocycles. The number of rotatable bonds is 3. The zero-order valence-corrected chi connectivity index (χ0v) is 11.4. The first-order chi connectivity index (χ1) is 8.84. The predicted molar refractivity (Wildman–Crippen MR) is 80.6 cm³/mol. The van der Waals surface area contributed by atoms with Gasteiger partial charge in [0, 0.05) is 11.3 Å². The highest BCUT2D eigenvalue weighted by molar-refractivity contribution is 7.09. The second-order valence-corrected chi connectivity index (χ2v) is 5.88. The Morgan fingerprint density at radius 2 is 1.78 bits per heavy atom. The summed E-state index contributed by atoms with van der Waals surface area (Å²) >= 11 is 8.35. The van der Waals surface area contributed by atoms with E-state index in [1.165, 1.54) is 21.2 Å². The van der Waals surface area contributed by atoms with Crippen LogP contribution in [-0.4, -0.2) is 0 Å². The van der Waals surface area contributed by atoms with E-state index in [0.29, 0.717) is 0 Å². The highest BCUT2D eigenvalue weighted by Gasteiger charge is 2.12. The van der Waals surface area contributed by atoms with Gasteiger partial charge in [-0.25, -0.2) is 0 Å². The minimum atomic E-state index is 0.0368. The van der Waals surface area contributed by atoms with Crippen LogP contribution in [0.2, 0.25) is 0 Å². The molecule has 0 aliphatic rings. The van der Waals surface area contributed by atoms with Crippen LogP contribution in [0.15, 0.2) is 60.0 Å². The highest BCUT2D eigenvalue weighted by atomic mass is 35.5. The van der Waals surface area contributed by atoms with E-state index in [1.807, 2.05) is 0 Å². The van der Waals surface area contributed by atoms with E-state index in [0.717, 1.165) is 6.42 Å². The second-order valence-electron chi connectivity index (χ2n) is 4.32. The largest absolute Gasteiger partial charge is 0.149 e. The fourth-order valence-electron chi connectivity index (χ4n) is 2.24. The lowest BCUT2D eigenvalue weighted by Gasteiger charge is -2.12. The fraction of sp³-hybridized carbons (Fsp3) is 0.125. The summed E-state index contributed by atoms with van der Waals surface area (Å²) in [7, 11) is 0. The molecule has 90 valence electrons. The van der Waals surface area contributed by atoms with Gasteiger partial charge in [-0.2, -0.15) is 0 Å². The van der Waals surface area contributed by atoms with Gasteiger partial charge in [0.2, 0.25) is 0 Å². The lowest BCUT2D eigenvalue weighted by Crippen LogP contribution is -1.95. The molecule has 0 aliphatic heterocycles. The molecule has 2 aromatic carbocycles. The molecule has 0 radical (unpaired) electrons. The van der Waals surface area contributed by atoms with Gasteiger partial charge < -0.3 is 0 Å². The highest BCUT2D eigenvalue weighted by Crippen LogP contribution is 2.32. The van der Waals surface area contributed by atoms with Crippen LogP contribution in [0.1, 0.15) is 15.8 Å². The van der Waals surface area contributed by atoms with E-state index in [2.05, 4.69) is 60.0 Å². The number of thiophene rings is 1. The Morgan fingerprint density at radius 1 is 0.944 bits per heavy atom. The minimum absolute atomic E-state index is 0.0368. The summed E-state index contributed by atoms with van der Waals surface area (Å²) in [5.41, 5.74) is 1.23. The van der Waals surface area contributed by atoms with Gasteiger partial charge >= 0.3 is 0 Å². The average molecular weight is 273 g/mol. The van der Waals surface area contributed by atoms with E-state index in [1.54, 1.807) is 11.3 Å². The quantitative estimate of drug-likeness (QED) is 0.558. The molecule has 1 atom stereocenters. The average Bonchev–Trinajstić information content (AvgIpc) is 2.91. The number of halogens is 1. The van der Waals surface area contributed by atoms with Crippen molar-refractivity contribution in [2.75, 3.05) is 0 Å². The Hall–Kier alpha value is -1.31. The zero-order valence-electron chi connectivity index (χ0n) is 9.84. The molecule has 0 bridgehead atoms. The van der Waals surface area contributed by atoms with Gasteiger partial charge in [-0.3, -0.25) is 0 Å². The summed E-state index contributed by atoms with van der Waals surface area (Å²) in [6, 6.07) is 19.0. The van der Waals surface area contributed by atoms with Crippen molar-refractivity contribution < 1.29 is 0 Å². The Bertz CT molecular complexity index is 638. The summed E-state index contributed by atoms with van der Waals surface area (Å²) in [6.45, 7) is 0. The molecule has 3 aromatic rings. The molecular weight excluding hydrogens is 260 g/mol. The van der Waals surface area contributed by atoms with Gasteiger partial charge in [-0.1, -0.05) is 48.5 Å². The third-order valence-electron chi connectivity index (χ3n) is 3.12. The molecule has 0 spiro atoms. The maximum Gasteiger partial charge on any atom is 0.0639 e. The fourth-order valence-corrected chi connectivity index (χ4v) is 3.44. The first-order valence-corrected chi connectivity index (χ1v) is 7.30. The predicted octanol–water partition coefficient (Wildman–Crippen LogP) is 5.42. The molecule has 1 unspecified atom stereocenters. The van der Waals surface area contributed by atoms with Crippen molar-refractivity contribution in [1.29, 1.82) is 0 Å². The standard InChI is InChI=1S/C16H13ClS/c17-16(11-13-7-4-10-18-13)15-9-3-6-12-5-1-2-8-14(12)15/h1-10,16H,11H2. The van der Waals surface area contributed by atoms with Crippen LogP contribution < -0.4 is 0 Å². The number of benzene rings is 2. The lowest BCUT2D eigenvalue weighted by atomic mass is 10.0. The lowest BCUT2D eigenvalue weighted by molar-refractivity contribution is 0.947. The molecule has 0 aliphatic carbocycles. The van der Waals surface area contributed by atoms with Crippen molar-refractivity contribution in [3.05, 3.63) is 70.4 Å². The Morgan fingerprint density at radius 3 is 2.61 bits per heavy atom. The Labute approximate surface area is 116 Å². The van der Waals surface area contributed by atoms with Crippen molar-refractivity contribution in [3.8, 4) is 0 Å². The summed E-state index contributed by atoms with van der Waals surface area (Å²) in [4.78, 5) is 1.34.